The van der Waals surface area contributed by atoms with Crippen molar-refractivity contribution in [1.29, 1.82) is 0 Å². The first kappa shape index (κ1) is 16.2. The van der Waals surface area contributed by atoms with E-state index in [0.29, 0.717) is 6.54 Å². The van der Waals surface area contributed by atoms with Gasteiger partial charge in [0.2, 0.25) is 11.9 Å². The van der Waals surface area contributed by atoms with Crippen LogP contribution in [0, 0.1) is 5.92 Å². The molecule has 0 aromatic carbocycles. The number of carbonyl (C=O) groups is 1. The van der Waals surface area contributed by atoms with Crippen molar-refractivity contribution in [3.8, 4) is 0 Å². The largest absolute Gasteiger partial charge is 0.433 e. The molecule has 1 aromatic heterocycles. The average Bonchev–Trinajstić information content (AvgIpc) is 2.35. The summed E-state index contributed by atoms with van der Waals surface area (Å²) in [6.07, 6.45) is -3.54. The summed E-state index contributed by atoms with van der Waals surface area (Å²) in [7, 11) is 0. The minimum atomic E-state index is -4.54. The van der Waals surface area contributed by atoms with E-state index in [4.69, 9.17) is 0 Å². The number of nitrogens with zero attached hydrogens (tertiary/aromatic N) is 2. The first-order chi connectivity index (χ1) is 9.20. The Morgan fingerprint density at radius 3 is 2.55 bits per heavy atom. The molecule has 1 amide bonds. The summed E-state index contributed by atoms with van der Waals surface area (Å²) < 4.78 is 37.4. The van der Waals surface area contributed by atoms with Gasteiger partial charge in [-0.1, -0.05) is 13.8 Å². The SMILES string of the molecule is CC(C)CNC(=O)C(C)Nc1nccc(C(F)(F)F)n1. The second-order valence-electron chi connectivity index (χ2n) is 4.77. The third-order valence-corrected chi connectivity index (χ3v) is 2.37. The quantitative estimate of drug-likeness (QED) is 0.871. The maximum atomic E-state index is 12.5. The van der Waals surface area contributed by atoms with Gasteiger partial charge >= 0.3 is 6.18 Å². The highest BCUT2D eigenvalue weighted by molar-refractivity contribution is 5.83. The zero-order chi connectivity index (χ0) is 15.3. The van der Waals surface area contributed by atoms with Crippen LogP contribution in [0.3, 0.4) is 0 Å². The molecule has 20 heavy (non-hydrogen) atoms. The van der Waals surface area contributed by atoms with Crippen molar-refractivity contribution >= 4 is 11.9 Å². The summed E-state index contributed by atoms with van der Waals surface area (Å²) in [5, 5.41) is 5.21. The summed E-state index contributed by atoms with van der Waals surface area (Å²) in [6.45, 7) is 5.90. The van der Waals surface area contributed by atoms with E-state index >= 15 is 0 Å². The van der Waals surface area contributed by atoms with Crippen molar-refractivity contribution in [2.24, 2.45) is 5.92 Å². The second kappa shape index (κ2) is 6.53. The lowest BCUT2D eigenvalue weighted by atomic mass is 10.2. The van der Waals surface area contributed by atoms with Crippen LogP contribution in [-0.4, -0.2) is 28.5 Å². The molecule has 0 saturated carbocycles. The van der Waals surface area contributed by atoms with Crippen molar-refractivity contribution in [2.45, 2.75) is 33.0 Å². The lowest BCUT2D eigenvalue weighted by molar-refractivity contribution is -0.141. The van der Waals surface area contributed by atoms with Crippen LogP contribution in [0.1, 0.15) is 26.5 Å². The highest BCUT2D eigenvalue weighted by atomic mass is 19.4. The normalized spacial score (nSPS) is 13.2. The fourth-order valence-corrected chi connectivity index (χ4v) is 1.30. The monoisotopic (exact) mass is 290 g/mol. The van der Waals surface area contributed by atoms with Crippen LogP contribution in [0.4, 0.5) is 19.1 Å². The van der Waals surface area contributed by atoms with Crippen LogP contribution in [0.2, 0.25) is 0 Å². The number of hydrogen-bond acceptors (Lipinski definition) is 4. The predicted octanol–water partition coefficient (Wildman–Crippen LogP) is 2.07. The topological polar surface area (TPSA) is 66.9 Å². The number of amides is 1. The molecule has 0 saturated heterocycles. The van der Waals surface area contributed by atoms with Gasteiger partial charge in [0.15, 0.2) is 0 Å². The molecule has 0 aliphatic heterocycles. The van der Waals surface area contributed by atoms with Gasteiger partial charge in [-0.25, -0.2) is 9.97 Å². The smallest absolute Gasteiger partial charge is 0.354 e. The molecule has 0 fully saturated rings. The molecule has 5 nitrogen and oxygen atoms in total. The number of aromatic nitrogens is 2. The summed E-state index contributed by atoms with van der Waals surface area (Å²) in [5.74, 6) is -0.261. The molecule has 2 N–H and O–H groups in total. The number of anilines is 1. The third-order valence-electron chi connectivity index (χ3n) is 2.37. The number of rotatable bonds is 5. The van der Waals surface area contributed by atoms with Crippen LogP contribution in [0.5, 0.6) is 0 Å². The van der Waals surface area contributed by atoms with Gasteiger partial charge in [0.05, 0.1) is 0 Å². The number of nitrogens with one attached hydrogen (secondary N) is 2. The molecule has 112 valence electrons. The lowest BCUT2D eigenvalue weighted by Gasteiger charge is -2.15. The van der Waals surface area contributed by atoms with Gasteiger partial charge in [-0.05, 0) is 18.9 Å². The zero-order valence-electron chi connectivity index (χ0n) is 11.5. The highest BCUT2D eigenvalue weighted by Crippen LogP contribution is 2.27. The second-order valence-corrected chi connectivity index (χ2v) is 4.77. The van der Waals surface area contributed by atoms with E-state index in [1.54, 1.807) is 0 Å². The number of halogens is 3. The molecule has 8 heteroatoms. The van der Waals surface area contributed by atoms with Crippen LogP contribution in [0.15, 0.2) is 12.3 Å². The van der Waals surface area contributed by atoms with E-state index in [1.807, 2.05) is 13.8 Å². The van der Waals surface area contributed by atoms with Crippen molar-refractivity contribution in [3.63, 3.8) is 0 Å². The van der Waals surface area contributed by atoms with E-state index in [2.05, 4.69) is 20.6 Å². The van der Waals surface area contributed by atoms with Crippen LogP contribution < -0.4 is 10.6 Å². The minimum absolute atomic E-state index is 0.230. The first-order valence-corrected chi connectivity index (χ1v) is 6.14. The van der Waals surface area contributed by atoms with E-state index in [1.165, 1.54) is 6.92 Å². The Balaban J connectivity index is 2.66. The fraction of sp³-hybridized carbons (Fsp3) is 0.583. The van der Waals surface area contributed by atoms with Gasteiger partial charge in [-0.15, -0.1) is 0 Å². The molecule has 0 aliphatic rings. The molecule has 0 aliphatic carbocycles. The Kier molecular flexibility index (Phi) is 5.29. The summed E-state index contributed by atoms with van der Waals surface area (Å²) in [6, 6.07) is 0.0477. The van der Waals surface area contributed by atoms with Crippen molar-refractivity contribution in [2.75, 3.05) is 11.9 Å². The fourth-order valence-electron chi connectivity index (χ4n) is 1.30. The van der Waals surface area contributed by atoms with E-state index in [0.717, 1.165) is 12.3 Å². The minimum Gasteiger partial charge on any atom is -0.354 e. The maximum absolute atomic E-state index is 12.5. The van der Waals surface area contributed by atoms with E-state index in [9.17, 15) is 18.0 Å². The van der Waals surface area contributed by atoms with Gasteiger partial charge in [-0.2, -0.15) is 13.2 Å². The Morgan fingerprint density at radius 2 is 2.00 bits per heavy atom. The van der Waals surface area contributed by atoms with Crippen molar-refractivity contribution < 1.29 is 18.0 Å². The zero-order valence-corrected chi connectivity index (χ0v) is 11.5. The van der Waals surface area contributed by atoms with Crippen LogP contribution in [0.25, 0.3) is 0 Å². The van der Waals surface area contributed by atoms with Crippen molar-refractivity contribution in [1.82, 2.24) is 15.3 Å². The Labute approximate surface area is 115 Å². The molecule has 1 unspecified atom stereocenters. The predicted molar refractivity (Wildman–Crippen MR) is 68.0 cm³/mol. The van der Waals surface area contributed by atoms with Gasteiger partial charge in [0, 0.05) is 12.7 Å². The van der Waals surface area contributed by atoms with E-state index in [-0.39, 0.29) is 17.8 Å². The molecule has 1 heterocycles. The number of hydrogen-bond donors (Lipinski definition) is 2. The first-order valence-electron chi connectivity index (χ1n) is 6.14. The standard InChI is InChI=1S/C12H17F3N4O/c1-7(2)6-17-10(20)8(3)18-11-16-5-4-9(19-11)12(13,14)15/h4-5,7-8H,6H2,1-3H3,(H,17,20)(H,16,18,19). The average molecular weight is 290 g/mol. The van der Waals surface area contributed by atoms with Crippen molar-refractivity contribution in [3.05, 3.63) is 18.0 Å². The molecular weight excluding hydrogens is 273 g/mol. The van der Waals surface area contributed by atoms with E-state index < -0.39 is 17.9 Å². The van der Waals surface area contributed by atoms with Crippen LogP contribution >= 0.6 is 0 Å². The summed E-state index contributed by atoms with van der Waals surface area (Å²) >= 11 is 0. The number of carbonyl (C=O) groups excluding carboxylic acids is 1. The Morgan fingerprint density at radius 1 is 1.35 bits per heavy atom. The maximum Gasteiger partial charge on any atom is 0.433 e. The van der Waals surface area contributed by atoms with Gasteiger partial charge in [0.1, 0.15) is 11.7 Å². The highest BCUT2D eigenvalue weighted by Gasteiger charge is 2.33. The Hall–Kier alpha value is -1.86. The molecule has 1 rings (SSSR count). The molecule has 1 atom stereocenters. The molecule has 0 spiro atoms. The van der Waals surface area contributed by atoms with Gasteiger partial charge < -0.3 is 10.6 Å². The van der Waals surface area contributed by atoms with Crippen LogP contribution in [-0.2, 0) is 11.0 Å². The third kappa shape index (κ3) is 5.02. The summed E-state index contributed by atoms with van der Waals surface area (Å²) in [4.78, 5) is 18.7. The molecule has 0 radical (unpaired) electrons. The van der Waals surface area contributed by atoms with Gasteiger partial charge in [-0.3, -0.25) is 4.79 Å². The summed E-state index contributed by atoms with van der Waals surface area (Å²) in [5.41, 5.74) is -1.05. The number of alkyl halides is 3. The lowest BCUT2D eigenvalue weighted by Crippen LogP contribution is -2.39. The molecule has 0 bridgehead atoms. The van der Waals surface area contributed by atoms with Gasteiger partial charge in [0.25, 0.3) is 0 Å². The molecule has 1 aromatic rings. The molecular formula is C12H17F3N4O. The Bertz CT molecular complexity index is 462.